The van der Waals surface area contributed by atoms with Crippen LogP contribution in [0, 0.1) is 0 Å². The predicted octanol–water partition coefficient (Wildman–Crippen LogP) is 4.02. The molecule has 3 rings (SSSR count). The van der Waals surface area contributed by atoms with Crippen molar-refractivity contribution in [2.45, 2.75) is 26.2 Å². The Morgan fingerprint density at radius 1 is 0.905 bits per heavy atom. The minimum Gasteiger partial charge on any atom is -0.0780 e. The van der Waals surface area contributed by atoms with Crippen LogP contribution in [0.15, 0.2) is 77.5 Å². The van der Waals surface area contributed by atoms with E-state index < -0.39 is 0 Å². The zero-order chi connectivity index (χ0) is 14.5. The fourth-order valence-electron chi connectivity index (χ4n) is 3.13. The van der Waals surface area contributed by atoms with Crippen LogP contribution in [0.2, 0.25) is 0 Å². The molecule has 2 aromatic rings. The lowest BCUT2D eigenvalue weighted by Crippen LogP contribution is -2.15. The number of benzene rings is 2. The average molecular weight is 290 g/mol. The van der Waals surface area contributed by atoms with E-state index in [0.717, 1.165) is 0 Å². The Kier molecular flexibility index (Phi) is 4.51. The van der Waals surface area contributed by atoms with Gasteiger partial charge in [0.2, 0.25) is 0 Å². The molecule has 0 saturated carbocycles. The predicted molar refractivity (Wildman–Crippen MR) is 95.6 cm³/mol. The first kappa shape index (κ1) is 14.1. The molecule has 1 aliphatic rings. The molecule has 0 N–H and O–H groups in total. The Hall–Kier alpha value is -1.86. The summed E-state index contributed by atoms with van der Waals surface area (Å²) in [6.07, 6.45) is 6.16. The van der Waals surface area contributed by atoms with Gasteiger partial charge in [0.15, 0.2) is 0 Å². The molecule has 0 bridgehead atoms. The lowest BCUT2D eigenvalue weighted by Gasteiger charge is -2.06. The van der Waals surface area contributed by atoms with Crippen molar-refractivity contribution in [2.24, 2.45) is 0 Å². The highest BCUT2D eigenvalue weighted by Gasteiger charge is 2.16. The van der Waals surface area contributed by atoms with Crippen molar-refractivity contribution in [1.82, 2.24) is 0 Å². The summed E-state index contributed by atoms with van der Waals surface area (Å²) in [5.74, 6) is 0. The lowest BCUT2D eigenvalue weighted by molar-refractivity contribution is 0.887. The largest absolute Gasteiger partial charge is 0.0828 e. The Morgan fingerprint density at radius 3 is 2.24 bits per heavy atom. The van der Waals surface area contributed by atoms with Crippen LogP contribution in [-0.4, -0.2) is 9.52 Å². The summed E-state index contributed by atoms with van der Waals surface area (Å²) in [6, 6.07) is 21.9. The van der Waals surface area contributed by atoms with Gasteiger partial charge < -0.3 is 0 Å². The quantitative estimate of drug-likeness (QED) is 0.730. The Labute approximate surface area is 130 Å². The van der Waals surface area contributed by atoms with Crippen LogP contribution in [0.25, 0.3) is 5.57 Å². The van der Waals surface area contributed by atoms with Crippen LogP contribution in [0.5, 0.6) is 0 Å². The van der Waals surface area contributed by atoms with Crippen molar-refractivity contribution in [3.05, 3.63) is 83.1 Å². The summed E-state index contributed by atoms with van der Waals surface area (Å²) in [6.45, 7) is 2.28. The van der Waals surface area contributed by atoms with Crippen LogP contribution in [-0.2, 0) is 0 Å². The highest BCUT2D eigenvalue weighted by atomic mass is 28.2. The van der Waals surface area contributed by atoms with Crippen LogP contribution in [0.1, 0.15) is 31.7 Å². The first-order chi connectivity index (χ1) is 10.4. The monoisotopic (exact) mass is 290 g/mol. The molecule has 1 heteroatoms. The fourth-order valence-corrected chi connectivity index (χ4v) is 4.89. The van der Waals surface area contributed by atoms with E-state index in [4.69, 9.17) is 0 Å². The van der Waals surface area contributed by atoms with E-state index >= 15 is 0 Å². The molecule has 106 valence electrons. The summed E-state index contributed by atoms with van der Waals surface area (Å²) in [4.78, 5) is 0. The molecule has 0 amide bonds. The maximum Gasteiger partial charge on any atom is 0.0828 e. The SMILES string of the molecule is CCCC1=C(c2ccccc2)C=C([SiH2]c2ccccc2)C1. The van der Waals surface area contributed by atoms with Crippen LogP contribution in [0.3, 0.4) is 0 Å². The molecule has 0 radical (unpaired) electrons. The zero-order valence-electron chi connectivity index (χ0n) is 12.7. The fraction of sp³-hybridized carbons (Fsp3) is 0.200. The summed E-state index contributed by atoms with van der Waals surface area (Å²) in [5.41, 5.74) is 4.52. The lowest BCUT2D eigenvalue weighted by atomic mass is 10.00. The minimum absolute atomic E-state index is 0.301. The van der Waals surface area contributed by atoms with Crippen molar-refractivity contribution in [1.29, 1.82) is 0 Å². The topological polar surface area (TPSA) is 0 Å². The molecule has 0 aliphatic heterocycles. The Bertz CT molecular complexity index is 651. The van der Waals surface area contributed by atoms with Gasteiger partial charge in [-0.3, -0.25) is 0 Å². The maximum absolute atomic E-state index is 2.49. The van der Waals surface area contributed by atoms with E-state index in [9.17, 15) is 0 Å². The second kappa shape index (κ2) is 6.73. The summed E-state index contributed by atoms with van der Waals surface area (Å²) >= 11 is 0. The molecule has 21 heavy (non-hydrogen) atoms. The smallest absolute Gasteiger partial charge is 0.0780 e. The third kappa shape index (κ3) is 3.42. The summed E-state index contributed by atoms with van der Waals surface area (Å²) in [5, 5.41) is 3.23. The maximum atomic E-state index is 2.49. The summed E-state index contributed by atoms with van der Waals surface area (Å²) < 4.78 is 0. The van der Waals surface area contributed by atoms with E-state index in [2.05, 4.69) is 73.7 Å². The van der Waals surface area contributed by atoms with E-state index in [0.29, 0.717) is 0 Å². The van der Waals surface area contributed by atoms with Crippen LogP contribution >= 0.6 is 0 Å². The van der Waals surface area contributed by atoms with Gasteiger partial charge in [0, 0.05) is 0 Å². The van der Waals surface area contributed by atoms with Gasteiger partial charge in [-0.15, -0.1) is 0 Å². The molecular weight excluding hydrogens is 268 g/mol. The molecular formula is C20H22Si. The van der Waals surface area contributed by atoms with Gasteiger partial charge in [-0.1, -0.05) is 96.0 Å². The van der Waals surface area contributed by atoms with Gasteiger partial charge in [-0.05, 0) is 24.0 Å². The first-order valence-electron chi connectivity index (χ1n) is 7.87. The first-order valence-corrected chi connectivity index (χ1v) is 9.29. The summed E-state index contributed by atoms with van der Waals surface area (Å²) in [7, 11) is -0.301. The van der Waals surface area contributed by atoms with Gasteiger partial charge in [0.05, 0.1) is 9.52 Å². The Morgan fingerprint density at radius 2 is 1.57 bits per heavy atom. The average Bonchev–Trinajstić information content (AvgIpc) is 2.92. The van der Waals surface area contributed by atoms with E-state index in [1.807, 2.05) is 0 Å². The molecule has 1 aliphatic carbocycles. The number of allylic oxidation sites excluding steroid dienone is 4. The third-order valence-corrected chi connectivity index (χ3v) is 5.87. The standard InChI is InChI=1S/C20H22Si/c1-2-9-17-14-19(21-18-12-7-4-8-13-18)15-20(17)16-10-5-3-6-11-16/h3-8,10-13,15H,2,9,14,21H2,1H3. The van der Waals surface area contributed by atoms with Gasteiger partial charge in [0.25, 0.3) is 0 Å². The third-order valence-electron chi connectivity index (χ3n) is 4.08. The van der Waals surface area contributed by atoms with E-state index in [1.165, 1.54) is 30.4 Å². The van der Waals surface area contributed by atoms with Crippen LogP contribution in [0.4, 0.5) is 0 Å². The van der Waals surface area contributed by atoms with Gasteiger partial charge in [0.1, 0.15) is 0 Å². The second-order valence-corrected chi connectivity index (χ2v) is 7.85. The molecule has 0 aromatic heterocycles. The van der Waals surface area contributed by atoms with Crippen molar-refractivity contribution < 1.29 is 0 Å². The molecule has 0 atom stereocenters. The van der Waals surface area contributed by atoms with Crippen molar-refractivity contribution in [3.63, 3.8) is 0 Å². The second-order valence-electron chi connectivity index (χ2n) is 5.77. The normalized spacial score (nSPS) is 15.0. The van der Waals surface area contributed by atoms with Crippen molar-refractivity contribution >= 4 is 20.3 Å². The van der Waals surface area contributed by atoms with Gasteiger partial charge in [-0.2, -0.15) is 0 Å². The number of hydrogen-bond acceptors (Lipinski definition) is 0. The number of rotatable bonds is 5. The molecule has 0 saturated heterocycles. The molecule has 2 aromatic carbocycles. The minimum atomic E-state index is -0.301. The van der Waals surface area contributed by atoms with Gasteiger partial charge >= 0.3 is 0 Å². The molecule has 0 fully saturated rings. The van der Waals surface area contributed by atoms with Gasteiger partial charge in [-0.25, -0.2) is 0 Å². The number of hydrogen-bond donors (Lipinski definition) is 0. The van der Waals surface area contributed by atoms with Crippen molar-refractivity contribution in [2.75, 3.05) is 0 Å². The molecule has 0 spiro atoms. The zero-order valence-corrected chi connectivity index (χ0v) is 14.1. The molecule has 0 nitrogen and oxygen atoms in total. The molecule has 0 heterocycles. The molecule has 0 unspecified atom stereocenters. The van der Waals surface area contributed by atoms with E-state index in [1.54, 1.807) is 16.0 Å². The highest BCUT2D eigenvalue weighted by molar-refractivity contribution is 6.61. The highest BCUT2D eigenvalue weighted by Crippen LogP contribution is 2.34. The van der Waals surface area contributed by atoms with Crippen LogP contribution < -0.4 is 5.19 Å². The Balaban J connectivity index is 1.84. The van der Waals surface area contributed by atoms with Crippen molar-refractivity contribution in [3.8, 4) is 0 Å². The van der Waals surface area contributed by atoms with E-state index in [-0.39, 0.29) is 9.52 Å².